The molecule has 2 saturated heterocycles. The van der Waals surface area contributed by atoms with E-state index in [0.717, 1.165) is 50.3 Å². The molecule has 0 radical (unpaired) electrons. The number of benzene rings is 1. The third kappa shape index (κ3) is 4.51. The summed E-state index contributed by atoms with van der Waals surface area (Å²) in [5, 5.41) is 2.35. The van der Waals surface area contributed by atoms with Crippen LogP contribution in [0, 0.1) is 0 Å². The second-order valence-corrected chi connectivity index (χ2v) is 9.61. The van der Waals surface area contributed by atoms with Crippen molar-refractivity contribution in [3.05, 3.63) is 29.3 Å². The number of carbonyl (C=O) groups is 3. The number of likely N-dealkylation sites (tertiary alicyclic amines) is 1. The normalized spacial score (nSPS) is 28.8. The molecule has 1 saturated carbocycles. The van der Waals surface area contributed by atoms with Crippen LogP contribution in [0.2, 0.25) is 0 Å². The number of hydrogen-bond donors (Lipinski definition) is 1. The Labute approximate surface area is 194 Å². The maximum atomic E-state index is 12.9. The lowest BCUT2D eigenvalue weighted by molar-refractivity contribution is -0.136. The Morgan fingerprint density at radius 3 is 2.67 bits per heavy atom. The number of fused-ring (bicyclic) bond motifs is 1. The lowest BCUT2D eigenvalue weighted by Gasteiger charge is -2.46. The van der Waals surface area contributed by atoms with Crippen molar-refractivity contribution in [2.24, 2.45) is 0 Å². The Morgan fingerprint density at radius 1 is 1.06 bits per heavy atom. The van der Waals surface area contributed by atoms with E-state index in [1.165, 1.54) is 12.8 Å². The first kappa shape index (κ1) is 22.3. The van der Waals surface area contributed by atoms with Gasteiger partial charge in [-0.3, -0.25) is 24.6 Å². The van der Waals surface area contributed by atoms with E-state index in [0.29, 0.717) is 30.7 Å². The molecular weight excluding hydrogens is 422 g/mol. The first-order valence-corrected chi connectivity index (χ1v) is 12.3. The van der Waals surface area contributed by atoms with Crippen LogP contribution in [-0.2, 0) is 20.9 Å². The van der Waals surface area contributed by atoms with E-state index in [9.17, 15) is 14.4 Å². The monoisotopic (exact) mass is 455 g/mol. The largest absolute Gasteiger partial charge is 0.489 e. The highest BCUT2D eigenvalue weighted by Gasteiger charge is 2.40. The van der Waals surface area contributed by atoms with Gasteiger partial charge in [0.15, 0.2) is 0 Å². The fraction of sp³-hybridized carbons (Fsp3) is 0.640. The van der Waals surface area contributed by atoms with Gasteiger partial charge in [0, 0.05) is 44.3 Å². The van der Waals surface area contributed by atoms with Crippen LogP contribution in [0.15, 0.2) is 18.2 Å². The molecule has 1 aromatic carbocycles. The van der Waals surface area contributed by atoms with Gasteiger partial charge in [-0.1, -0.05) is 12.8 Å². The Kier molecular flexibility index (Phi) is 6.38. The summed E-state index contributed by atoms with van der Waals surface area (Å²) in [5.41, 5.74) is 1.50. The zero-order valence-electron chi connectivity index (χ0n) is 19.3. The zero-order chi connectivity index (χ0) is 22.9. The van der Waals surface area contributed by atoms with E-state index in [1.54, 1.807) is 4.90 Å². The highest BCUT2D eigenvalue weighted by atomic mass is 16.5. The number of ether oxygens (including phenoxy) is 2. The molecule has 2 unspecified atom stereocenters. The zero-order valence-corrected chi connectivity index (χ0v) is 19.3. The highest BCUT2D eigenvalue weighted by Crippen LogP contribution is 2.33. The van der Waals surface area contributed by atoms with Crippen molar-refractivity contribution in [1.29, 1.82) is 0 Å². The molecular formula is C25H33N3O5. The van der Waals surface area contributed by atoms with Crippen molar-refractivity contribution in [3.63, 3.8) is 0 Å². The van der Waals surface area contributed by atoms with Gasteiger partial charge in [-0.05, 0) is 56.4 Å². The minimum absolute atomic E-state index is 0.122. The fourth-order valence-corrected chi connectivity index (χ4v) is 5.69. The Hall–Kier alpha value is -2.45. The van der Waals surface area contributed by atoms with Crippen molar-refractivity contribution in [3.8, 4) is 5.75 Å². The molecule has 8 heteroatoms. The Bertz CT molecular complexity index is 929. The molecule has 1 N–H and O–H groups in total. The lowest BCUT2D eigenvalue weighted by atomic mass is 9.98. The average Bonchev–Trinajstić information content (AvgIpc) is 2.92. The van der Waals surface area contributed by atoms with Crippen LogP contribution in [0.5, 0.6) is 5.75 Å². The number of nitrogens with zero attached hydrogens (tertiary/aromatic N) is 2. The van der Waals surface area contributed by atoms with Crippen LogP contribution in [0.3, 0.4) is 0 Å². The number of imide groups is 1. The average molecular weight is 456 g/mol. The van der Waals surface area contributed by atoms with Gasteiger partial charge >= 0.3 is 0 Å². The molecule has 8 nitrogen and oxygen atoms in total. The molecule has 0 spiro atoms. The summed E-state index contributed by atoms with van der Waals surface area (Å²) in [5.74, 6) is -0.0275. The van der Waals surface area contributed by atoms with Gasteiger partial charge in [0.25, 0.3) is 5.91 Å². The predicted molar refractivity (Wildman–Crippen MR) is 121 cm³/mol. The molecule has 33 heavy (non-hydrogen) atoms. The number of amides is 3. The van der Waals surface area contributed by atoms with E-state index in [4.69, 9.17) is 9.47 Å². The van der Waals surface area contributed by atoms with Crippen LogP contribution < -0.4 is 10.1 Å². The van der Waals surface area contributed by atoms with Gasteiger partial charge in [0.05, 0.1) is 6.10 Å². The molecule has 4 aliphatic rings. The summed E-state index contributed by atoms with van der Waals surface area (Å²) in [4.78, 5) is 40.8. The highest BCUT2D eigenvalue weighted by molar-refractivity contribution is 6.05. The van der Waals surface area contributed by atoms with Crippen molar-refractivity contribution < 1.29 is 23.9 Å². The van der Waals surface area contributed by atoms with E-state index in [-0.39, 0.29) is 30.2 Å². The van der Waals surface area contributed by atoms with Crippen molar-refractivity contribution in [2.45, 2.75) is 82.7 Å². The number of piperidine rings is 1. The summed E-state index contributed by atoms with van der Waals surface area (Å²) in [6.45, 7) is 5.11. The van der Waals surface area contributed by atoms with Gasteiger partial charge in [-0.25, -0.2) is 0 Å². The van der Waals surface area contributed by atoms with E-state index < -0.39 is 6.04 Å². The second kappa shape index (κ2) is 9.43. The third-order valence-corrected chi connectivity index (χ3v) is 7.45. The molecule has 3 heterocycles. The Morgan fingerprint density at radius 2 is 1.88 bits per heavy atom. The van der Waals surface area contributed by atoms with Crippen molar-refractivity contribution in [1.82, 2.24) is 15.1 Å². The molecule has 1 aromatic rings. The van der Waals surface area contributed by atoms with Crippen molar-refractivity contribution in [2.75, 3.05) is 19.7 Å². The van der Waals surface area contributed by atoms with Gasteiger partial charge in [0.2, 0.25) is 11.8 Å². The van der Waals surface area contributed by atoms with Gasteiger partial charge in [0.1, 0.15) is 17.9 Å². The third-order valence-electron chi connectivity index (χ3n) is 7.45. The summed E-state index contributed by atoms with van der Waals surface area (Å²) < 4.78 is 12.3. The molecule has 3 fully saturated rings. The van der Waals surface area contributed by atoms with E-state index in [2.05, 4.69) is 10.2 Å². The first-order chi connectivity index (χ1) is 16.0. The van der Waals surface area contributed by atoms with Crippen LogP contribution in [-0.4, -0.2) is 71.5 Å². The maximum Gasteiger partial charge on any atom is 0.255 e. The van der Waals surface area contributed by atoms with Gasteiger partial charge < -0.3 is 14.4 Å². The van der Waals surface area contributed by atoms with Crippen LogP contribution in [0.4, 0.5) is 0 Å². The summed E-state index contributed by atoms with van der Waals surface area (Å²) in [6, 6.07) is 5.45. The van der Waals surface area contributed by atoms with Gasteiger partial charge in [-0.15, -0.1) is 0 Å². The molecule has 0 bridgehead atoms. The molecule has 178 valence electrons. The van der Waals surface area contributed by atoms with E-state index in [1.807, 2.05) is 25.1 Å². The smallest absolute Gasteiger partial charge is 0.255 e. The molecule has 1 aliphatic carbocycles. The van der Waals surface area contributed by atoms with Crippen LogP contribution in [0.25, 0.3) is 0 Å². The Balaban J connectivity index is 1.27. The molecule has 0 aromatic heterocycles. The molecule has 3 aliphatic heterocycles. The standard InChI is InChI=1S/C25H33N3O5/c1-2-32-18-14-27(15-18)20-6-4-3-5-7-22(20)33-17-8-9-19-16(12-17)13-28(25(19)31)21-10-11-23(29)26-24(21)30/h8-9,12,18,20-22H,2-7,10-11,13-15H2,1H3,(H,26,29,30)/t20?,21?,22-/m1/s1. The summed E-state index contributed by atoms with van der Waals surface area (Å²) >= 11 is 0. The SMILES string of the molecule is CCOC1CN(C2CCCCC[C@H]2Oc2ccc3c(c2)CN(C2CCC(=O)NC2=O)C3=O)C1. The molecule has 3 amide bonds. The number of hydrogen-bond acceptors (Lipinski definition) is 6. The maximum absolute atomic E-state index is 12.9. The summed E-state index contributed by atoms with van der Waals surface area (Å²) in [6.07, 6.45) is 6.87. The number of carbonyl (C=O) groups excluding carboxylic acids is 3. The topological polar surface area (TPSA) is 88.2 Å². The van der Waals surface area contributed by atoms with Crippen molar-refractivity contribution >= 4 is 17.7 Å². The molecule has 5 rings (SSSR count). The van der Waals surface area contributed by atoms with Gasteiger partial charge in [-0.2, -0.15) is 0 Å². The van der Waals surface area contributed by atoms with Crippen LogP contribution >= 0.6 is 0 Å². The predicted octanol–water partition coefficient (Wildman–Crippen LogP) is 2.25. The lowest BCUT2D eigenvalue weighted by Crippen LogP contribution is -2.60. The minimum Gasteiger partial charge on any atom is -0.489 e. The van der Waals surface area contributed by atoms with E-state index >= 15 is 0 Å². The summed E-state index contributed by atoms with van der Waals surface area (Å²) in [7, 11) is 0. The number of rotatable bonds is 6. The fourth-order valence-electron chi connectivity index (χ4n) is 5.69. The van der Waals surface area contributed by atoms with Crippen LogP contribution in [0.1, 0.15) is 67.8 Å². The quantitative estimate of drug-likeness (QED) is 0.523. The minimum atomic E-state index is -0.595. The molecule has 3 atom stereocenters. The second-order valence-electron chi connectivity index (χ2n) is 9.61. The number of nitrogens with one attached hydrogen (secondary N) is 1. The first-order valence-electron chi connectivity index (χ1n) is 12.3.